The van der Waals surface area contributed by atoms with Crippen LogP contribution in [0.4, 0.5) is 0 Å². The average molecular weight is 905 g/mol. The molecule has 1 unspecified atom stereocenters. The Bertz CT molecular complexity index is 1270. The lowest BCUT2D eigenvalue weighted by Crippen LogP contribution is -2.30. The summed E-state index contributed by atoms with van der Waals surface area (Å²) >= 11 is 0. The minimum atomic E-state index is -0.823. The molecule has 0 saturated carbocycles. The first-order valence-corrected chi connectivity index (χ1v) is 27.1. The quantitative estimate of drug-likeness (QED) is 0.0262. The maximum absolute atomic E-state index is 12.8. The summed E-state index contributed by atoms with van der Waals surface area (Å²) in [6.07, 6.45) is 68.8. The highest BCUT2D eigenvalue weighted by Crippen LogP contribution is 2.15. The van der Waals surface area contributed by atoms with Gasteiger partial charge in [0, 0.05) is 19.3 Å². The molecule has 0 aromatic carbocycles. The van der Waals surface area contributed by atoms with Crippen LogP contribution in [0.25, 0.3) is 0 Å². The van der Waals surface area contributed by atoms with E-state index >= 15 is 0 Å². The fraction of sp³-hybridized carbons (Fsp3) is 0.712. The first-order chi connectivity index (χ1) is 32.0. The lowest BCUT2D eigenvalue weighted by molar-refractivity contribution is -0.167. The number of carbonyl (C=O) groups excluding carboxylic acids is 3. The summed E-state index contributed by atoms with van der Waals surface area (Å²) in [6.45, 7) is 6.41. The van der Waals surface area contributed by atoms with Crippen LogP contribution < -0.4 is 0 Å². The molecule has 0 amide bonds. The monoisotopic (exact) mass is 905 g/mol. The number of ether oxygens (including phenoxy) is 3. The lowest BCUT2D eigenvalue weighted by Gasteiger charge is -2.18. The fourth-order valence-electron chi connectivity index (χ4n) is 7.34. The number of esters is 3. The van der Waals surface area contributed by atoms with Crippen molar-refractivity contribution in [1.82, 2.24) is 0 Å². The van der Waals surface area contributed by atoms with Gasteiger partial charge in [0.15, 0.2) is 6.10 Å². The standard InChI is InChI=1S/C59H100O6/c1-4-7-10-13-16-19-22-24-26-28-29-31-32-34-37-40-43-46-49-52-58(61)64-55-56(54-63-57(60)51-48-45-42-39-36-21-18-15-12-9-6-3)65-59(62)53-50-47-44-41-38-35-33-30-27-25-23-20-17-14-11-8-5-2/h9,12,17-18,20-21,25,27,33,35,39,41-42,44,56H,4-8,10-11,13-16,19,22-24,26,28-32,34,36-38,40,43,45-55H2,1-3H3/b12-9-,20-17-,21-18-,27-25-,35-33-,42-39-,44-41-. The van der Waals surface area contributed by atoms with Gasteiger partial charge in [0.2, 0.25) is 0 Å². The summed E-state index contributed by atoms with van der Waals surface area (Å²) in [6, 6.07) is 0. The minimum absolute atomic E-state index is 0.112. The minimum Gasteiger partial charge on any atom is -0.462 e. The maximum Gasteiger partial charge on any atom is 0.306 e. The molecule has 0 heterocycles. The van der Waals surface area contributed by atoms with Gasteiger partial charge in [-0.05, 0) is 83.5 Å². The van der Waals surface area contributed by atoms with E-state index in [1.165, 1.54) is 128 Å². The molecule has 0 aromatic heterocycles. The molecular formula is C59H100O6. The number of rotatable bonds is 48. The van der Waals surface area contributed by atoms with E-state index in [2.05, 4.69) is 106 Å². The van der Waals surface area contributed by atoms with Crippen LogP contribution in [0.15, 0.2) is 85.1 Å². The van der Waals surface area contributed by atoms with E-state index in [4.69, 9.17) is 14.2 Å². The van der Waals surface area contributed by atoms with E-state index in [0.717, 1.165) is 70.6 Å². The van der Waals surface area contributed by atoms with Gasteiger partial charge in [0.1, 0.15) is 13.2 Å². The van der Waals surface area contributed by atoms with Gasteiger partial charge >= 0.3 is 17.9 Å². The molecule has 0 bridgehead atoms. The Balaban J connectivity index is 4.44. The predicted octanol–water partition coefficient (Wildman–Crippen LogP) is 18.0. The Kier molecular flexibility index (Phi) is 50.4. The van der Waals surface area contributed by atoms with Crippen molar-refractivity contribution in [2.24, 2.45) is 0 Å². The van der Waals surface area contributed by atoms with E-state index in [9.17, 15) is 14.4 Å². The summed E-state index contributed by atoms with van der Waals surface area (Å²) in [5.74, 6) is -1.02. The van der Waals surface area contributed by atoms with Crippen LogP contribution in [0.1, 0.15) is 252 Å². The zero-order valence-electron chi connectivity index (χ0n) is 42.5. The number of unbranched alkanes of at least 4 members (excludes halogenated alkanes) is 23. The average Bonchev–Trinajstić information content (AvgIpc) is 3.30. The van der Waals surface area contributed by atoms with Crippen molar-refractivity contribution < 1.29 is 28.6 Å². The summed E-state index contributed by atoms with van der Waals surface area (Å²) in [5, 5.41) is 0. The largest absolute Gasteiger partial charge is 0.462 e. The van der Waals surface area contributed by atoms with E-state index in [1.807, 2.05) is 0 Å². The first kappa shape index (κ1) is 61.6. The number of allylic oxidation sites excluding steroid dienone is 14. The van der Waals surface area contributed by atoms with Gasteiger partial charge in [-0.25, -0.2) is 0 Å². The van der Waals surface area contributed by atoms with Crippen molar-refractivity contribution in [3.05, 3.63) is 85.1 Å². The highest BCUT2D eigenvalue weighted by atomic mass is 16.6. The molecule has 0 aliphatic rings. The molecule has 0 saturated heterocycles. The first-order valence-electron chi connectivity index (χ1n) is 27.1. The van der Waals surface area contributed by atoms with E-state index in [1.54, 1.807) is 0 Å². The van der Waals surface area contributed by atoms with Crippen LogP contribution in [0.2, 0.25) is 0 Å². The van der Waals surface area contributed by atoms with Crippen LogP contribution >= 0.6 is 0 Å². The molecule has 0 spiro atoms. The maximum atomic E-state index is 12.8. The normalized spacial score (nSPS) is 12.7. The van der Waals surface area contributed by atoms with Crippen molar-refractivity contribution >= 4 is 17.9 Å². The van der Waals surface area contributed by atoms with E-state index in [-0.39, 0.29) is 44.0 Å². The predicted molar refractivity (Wildman–Crippen MR) is 279 cm³/mol. The molecule has 0 aromatic rings. The van der Waals surface area contributed by atoms with Gasteiger partial charge in [-0.3, -0.25) is 14.4 Å². The highest BCUT2D eigenvalue weighted by Gasteiger charge is 2.19. The lowest BCUT2D eigenvalue weighted by atomic mass is 10.0. The van der Waals surface area contributed by atoms with Gasteiger partial charge in [-0.15, -0.1) is 0 Å². The van der Waals surface area contributed by atoms with Crippen molar-refractivity contribution in [2.45, 2.75) is 258 Å². The molecule has 0 fully saturated rings. The van der Waals surface area contributed by atoms with Crippen LogP contribution in [0.5, 0.6) is 0 Å². The molecule has 0 aliphatic heterocycles. The number of hydrogen-bond donors (Lipinski definition) is 0. The van der Waals surface area contributed by atoms with Crippen LogP contribution in [0.3, 0.4) is 0 Å². The smallest absolute Gasteiger partial charge is 0.306 e. The zero-order valence-corrected chi connectivity index (χ0v) is 42.5. The van der Waals surface area contributed by atoms with Crippen molar-refractivity contribution in [1.29, 1.82) is 0 Å². The second-order valence-corrected chi connectivity index (χ2v) is 17.8. The van der Waals surface area contributed by atoms with Gasteiger partial charge < -0.3 is 14.2 Å². The third-order valence-corrected chi connectivity index (χ3v) is 11.4. The van der Waals surface area contributed by atoms with E-state index < -0.39 is 6.10 Å². The topological polar surface area (TPSA) is 78.9 Å². The van der Waals surface area contributed by atoms with Crippen molar-refractivity contribution in [3.8, 4) is 0 Å². The molecule has 372 valence electrons. The Morgan fingerprint density at radius 2 is 0.615 bits per heavy atom. The summed E-state index contributed by atoms with van der Waals surface area (Å²) < 4.78 is 16.7. The molecule has 1 atom stereocenters. The number of carbonyl (C=O) groups is 3. The molecule has 0 rings (SSSR count). The molecular weight excluding hydrogens is 805 g/mol. The second-order valence-electron chi connectivity index (χ2n) is 17.8. The van der Waals surface area contributed by atoms with Crippen LogP contribution in [-0.2, 0) is 28.6 Å². The summed E-state index contributed by atoms with van der Waals surface area (Å²) in [4.78, 5) is 38.0. The van der Waals surface area contributed by atoms with Gasteiger partial charge in [0.05, 0.1) is 0 Å². The summed E-state index contributed by atoms with van der Waals surface area (Å²) in [7, 11) is 0. The Labute approximate surface area is 401 Å². The van der Waals surface area contributed by atoms with E-state index in [0.29, 0.717) is 19.3 Å². The Hall–Kier alpha value is -3.41. The molecule has 0 N–H and O–H groups in total. The Morgan fingerprint density at radius 1 is 0.323 bits per heavy atom. The van der Waals surface area contributed by atoms with Gasteiger partial charge in [-0.1, -0.05) is 234 Å². The zero-order chi connectivity index (χ0) is 47.2. The van der Waals surface area contributed by atoms with Gasteiger partial charge in [0.25, 0.3) is 0 Å². The third kappa shape index (κ3) is 51.4. The third-order valence-electron chi connectivity index (χ3n) is 11.4. The molecule has 0 radical (unpaired) electrons. The van der Waals surface area contributed by atoms with Crippen molar-refractivity contribution in [3.63, 3.8) is 0 Å². The number of hydrogen-bond acceptors (Lipinski definition) is 6. The second kappa shape index (κ2) is 53.2. The molecule has 0 aliphatic carbocycles. The Morgan fingerprint density at radius 3 is 1.00 bits per heavy atom. The molecule has 6 heteroatoms. The van der Waals surface area contributed by atoms with Crippen LogP contribution in [-0.4, -0.2) is 37.2 Å². The molecule has 65 heavy (non-hydrogen) atoms. The van der Waals surface area contributed by atoms with Crippen molar-refractivity contribution in [2.75, 3.05) is 13.2 Å². The molecule has 6 nitrogen and oxygen atoms in total. The SMILES string of the molecule is CC/C=C\C/C=C\C/C=C\CCCC(=O)OCC(COC(=O)CCCCCCCCCCCCCCCCCCCCC)OC(=O)CCC/C=C\C/C=C\C/C=C\C/C=C\CCCCC. The summed E-state index contributed by atoms with van der Waals surface area (Å²) in [5.41, 5.74) is 0. The van der Waals surface area contributed by atoms with Crippen LogP contribution in [0, 0.1) is 0 Å². The highest BCUT2D eigenvalue weighted by molar-refractivity contribution is 5.71. The van der Waals surface area contributed by atoms with Gasteiger partial charge in [-0.2, -0.15) is 0 Å². The fourth-order valence-corrected chi connectivity index (χ4v) is 7.34.